The van der Waals surface area contributed by atoms with Gasteiger partial charge in [0.2, 0.25) is 15.9 Å². The van der Waals surface area contributed by atoms with Crippen LogP contribution in [0.5, 0.6) is 0 Å². The monoisotopic (exact) mass is 605 g/mol. The number of urea groups is 1. The molecule has 0 aliphatic carbocycles. The molecule has 10 heteroatoms. The number of hydrogen-bond acceptors (Lipinski definition) is 5. The molecule has 9 nitrogen and oxygen atoms in total. The van der Waals surface area contributed by atoms with Crippen molar-refractivity contribution in [1.29, 1.82) is 0 Å². The second kappa shape index (κ2) is 12.7. The maximum Gasteiger partial charge on any atom is 0.321 e. The number of carbonyl (C=O) groups excluding carboxylic acids is 2. The van der Waals surface area contributed by atoms with E-state index in [0.29, 0.717) is 16.6 Å². The van der Waals surface area contributed by atoms with Gasteiger partial charge in [-0.05, 0) is 29.3 Å². The van der Waals surface area contributed by atoms with Gasteiger partial charge in [-0.25, -0.2) is 13.2 Å². The van der Waals surface area contributed by atoms with Crippen molar-refractivity contribution in [3.05, 3.63) is 127 Å². The van der Waals surface area contributed by atoms with E-state index >= 15 is 0 Å². The molecule has 0 saturated carbocycles. The zero-order valence-corrected chi connectivity index (χ0v) is 24.7. The van der Waals surface area contributed by atoms with Crippen molar-refractivity contribution in [2.24, 2.45) is 0 Å². The van der Waals surface area contributed by atoms with Gasteiger partial charge in [0.05, 0.1) is 11.2 Å². The van der Waals surface area contributed by atoms with Crippen LogP contribution in [-0.2, 0) is 21.4 Å². The standard InChI is InChI=1S/C34H31N5O4S/c40-33(36-23-25-11-3-1-4-12-25)30-24-38(34(41)37-29-18-8-7-17-28(29)26-13-5-2-6-14-26)21-22-39(30)44(42,43)31-19-9-15-27-16-10-20-35-32(27)31/h1-20,30H,21-24H2,(H,36,40)(H,37,41). The average molecular weight is 606 g/mol. The van der Waals surface area contributed by atoms with E-state index in [1.165, 1.54) is 15.3 Å². The summed E-state index contributed by atoms with van der Waals surface area (Å²) in [5.74, 6) is -0.493. The van der Waals surface area contributed by atoms with Crippen LogP contribution >= 0.6 is 0 Å². The molecule has 0 spiro atoms. The van der Waals surface area contributed by atoms with E-state index < -0.39 is 28.0 Å². The zero-order valence-electron chi connectivity index (χ0n) is 23.8. The molecule has 44 heavy (non-hydrogen) atoms. The molecule has 1 aliphatic rings. The fourth-order valence-electron chi connectivity index (χ4n) is 5.42. The minimum Gasteiger partial charge on any atom is -0.351 e. The molecule has 1 saturated heterocycles. The molecular formula is C34H31N5O4S. The SMILES string of the molecule is O=C(NCc1ccccc1)C1CN(C(=O)Nc2ccccc2-c2ccccc2)CCN1S(=O)(=O)c1cccc2cccnc12. The third-order valence-corrected chi connectivity index (χ3v) is 9.61. The fraction of sp³-hybridized carbons (Fsp3) is 0.147. The fourth-order valence-corrected chi connectivity index (χ4v) is 7.16. The molecule has 2 N–H and O–H groups in total. The summed E-state index contributed by atoms with van der Waals surface area (Å²) in [7, 11) is -4.16. The smallest absolute Gasteiger partial charge is 0.321 e. The van der Waals surface area contributed by atoms with Gasteiger partial charge in [-0.2, -0.15) is 4.31 Å². The molecule has 1 aliphatic heterocycles. The van der Waals surface area contributed by atoms with Crippen molar-refractivity contribution in [1.82, 2.24) is 19.5 Å². The van der Waals surface area contributed by atoms with Gasteiger partial charge in [0.1, 0.15) is 10.9 Å². The molecule has 1 unspecified atom stereocenters. The minimum absolute atomic E-state index is 0.0196. The quantitative estimate of drug-likeness (QED) is 0.267. The molecule has 1 aromatic heterocycles. The topological polar surface area (TPSA) is 112 Å². The first-order valence-corrected chi connectivity index (χ1v) is 15.7. The highest BCUT2D eigenvalue weighted by atomic mass is 32.2. The van der Waals surface area contributed by atoms with Crippen LogP contribution < -0.4 is 10.6 Å². The van der Waals surface area contributed by atoms with Crippen LogP contribution in [0, 0.1) is 0 Å². The molecule has 4 aromatic carbocycles. The van der Waals surface area contributed by atoms with Crippen LogP contribution in [0.1, 0.15) is 5.56 Å². The summed E-state index contributed by atoms with van der Waals surface area (Å²) in [4.78, 5) is 33.1. The lowest BCUT2D eigenvalue weighted by Crippen LogP contribution is -2.61. The highest BCUT2D eigenvalue weighted by Crippen LogP contribution is 2.30. The molecule has 0 radical (unpaired) electrons. The number of para-hydroxylation sites is 2. The summed E-state index contributed by atoms with van der Waals surface area (Å²) in [5, 5.41) is 6.54. The highest BCUT2D eigenvalue weighted by Gasteiger charge is 2.42. The van der Waals surface area contributed by atoms with Crippen LogP contribution in [0.15, 0.2) is 126 Å². The summed E-state index contributed by atoms with van der Waals surface area (Å²) in [6, 6.07) is 33.5. The Morgan fingerprint density at radius 2 is 1.50 bits per heavy atom. The maximum absolute atomic E-state index is 14.1. The van der Waals surface area contributed by atoms with Crippen molar-refractivity contribution in [2.75, 3.05) is 25.0 Å². The molecule has 1 fully saturated rings. The molecule has 1 atom stereocenters. The van der Waals surface area contributed by atoms with E-state index in [2.05, 4.69) is 15.6 Å². The van der Waals surface area contributed by atoms with Crippen LogP contribution in [-0.4, -0.2) is 60.2 Å². The number of rotatable bonds is 7. The van der Waals surface area contributed by atoms with Crippen molar-refractivity contribution < 1.29 is 18.0 Å². The lowest BCUT2D eigenvalue weighted by Gasteiger charge is -2.39. The van der Waals surface area contributed by atoms with Gasteiger partial charge in [-0.15, -0.1) is 0 Å². The van der Waals surface area contributed by atoms with E-state index in [1.54, 1.807) is 30.5 Å². The Bertz CT molecular complexity index is 1900. The van der Waals surface area contributed by atoms with E-state index in [9.17, 15) is 18.0 Å². The molecule has 222 valence electrons. The predicted molar refractivity (Wildman–Crippen MR) is 170 cm³/mol. The van der Waals surface area contributed by atoms with E-state index in [0.717, 1.165) is 16.7 Å². The van der Waals surface area contributed by atoms with Crippen molar-refractivity contribution in [3.63, 3.8) is 0 Å². The van der Waals surface area contributed by atoms with Gasteiger partial charge >= 0.3 is 6.03 Å². The molecule has 6 rings (SSSR count). The number of anilines is 1. The molecule has 2 heterocycles. The highest BCUT2D eigenvalue weighted by molar-refractivity contribution is 7.89. The van der Waals surface area contributed by atoms with Gasteiger partial charge in [0.25, 0.3) is 0 Å². The number of hydrogen-bond donors (Lipinski definition) is 2. The number of fused-ring (bicyclic) bond motifs is 1. The molecule has 3 amide bonds. The summed E-state index contributed by atoms with van der Waals surface area (Å²) < 4.78 is 29.5. The number of sulfonamides is 1. The van der Waals surface area contributed by atoms with Gasteiger partial charge < -0.3 is 15.5 Å². The number of nitrogens with zero attached hydrogens (tertiary/aromatic N) is 3. The van der Waals surface area contributed by atoms with Gasteiger partial charge in [-0.1, -0.05) is 97.1 Å². The van der Waals surface area contributed by atoms with Crippen LogP contribution in [0.25, 0.3) is 22.0 Å². The van der Waals surface area contributed by atoms with Gasteiger partial charge in [0, 0.05) is 43.3 Å². The molecule has 0 bridgehead atoms. The number of carbonyl (C=O) groups is 2. The molecular weight excluding hydrogens is 574 g/mol. The number of piperazine rings is 1. The summed E-state index contributed by atoms with van der Waals surface area (Å²) in [6.45, 7) is 0.121. The second-order valence-electron chi connectivity index (χ2n) is 10.5. The number of benzene rings is 4. The third-order valence-electron chi connectivity index (χ3n) is 7.67. The lowest BCUT2D eigenvalue weighted by molar-refractivity contribution is -0.126. The predicted octanol–water partition coefficient (Wildman–Crippen LogP) is 5.13. The van der Waals surface area contributed by atoms with E-state index in [1.807, 2.05) is 84.9 Å². The first-order chi connectivity index (χ1) is 21.4. The first-order valence-electron chi connectivity index (χ1n) is 14.3. The summed E-state index contributed by atoms with van der Waals surface area (Å²) in [6.07, 6.45) is 1.54. The maximum atomic E-state index is 14.1. The Labute approximate surface area is 256 Å². The van der Waals surface area contributed by atoms with Gasteiger partial charge in [0.15, 0.2) is 0 Å². The lowest BCUT2D eigenvalue weighted by atomic mass is 10.0. The number of aromatic nitrogens is 1. The van der Waals surface area contributed by atoms with Gasteiger partial charge in [-0.3, -0.25) is 9.78 Å². The van der Waals surface area contributed by atoms with E-state index in [4.69, 9.17) is 0 Å². The zero-order chi connectivity index (χ0) is 30.5. The number of pyridine rings is 1. The first kappa shape index (κ1) is 29.0. The molecule has 5 aromatic rings. The van der Waals surface area contributed by atoms with Crippen LogP contribution in [0.4, 0.5) is 10.5 Å². The second-order valence-corrected chi connectivity index (χ2v) is 12.3. The Hall–Kier alpha value is -5.06. The summed E-state index contributed by atoms with van der Waals surface area (Å²) >= 11 is 0. The Balaban J connectivity index is 1.28. The van der Waals surface area contributed by atoms with Crippen LogP contribution in [0.3, 0.4) is 0 Å². The Morgan fingerprint density at radius 3 is 2.30 bits per heavy atom. The average Bonchev–Trinajstić information content (AvgIpc) is 3.07. The third kappa shape index (κ3) is 6.03. The largest absolute Gasteiger partial charge is 0.351 e. The minimum atomic E-state index is -4.16. The number of nitrogens with one attached hydrogen (secondary N) is 2. The van der Waals surface area contributed by atoms with Crippen molar-refractivity contribution in [2.45, 2.75) is 17.5 Å². The normalized spacial score (nSPS) is 15.5. The van der Waals surface area contributed by atoms with Crippen molar-refractivity contribution >= 4 is 38.6 Å². The Kier molecular flexibility index (Phi) is 8.36. The number of amides is 3. The van der Waals surface area contributed by atoms with Crippen molar-refractivity contribution in [3.8, 4) is 11.1 Å². The van der Waals surface area contributed by atoms with Crippen LogP contribution in [0.2, 0.25) is 0 Å². The van der Waals surface area contributed by atoms with E-state index in [-0.39, 0.29) is 31.1 Å². The summed E-state index contributed by atoms with van der Waals surface area (Å²) in [5.41, 5.74) is 3.61. The Morgan fingerprint density at radius 1 is 0.795 bits per heavy atom.